The molecule has 0 fully saturated rings. The number of hydrogen-bond donors (Lipinski definition) is 3. The second-order valence-corrected chi connectivity index (χ2v) is 3.18. The van der Waals surface area contributed by atoms with Crippen LogP contribution in [-0.4, -0.2) is 17.0 Å². The third-order valence-electron chi connectivity index (χ3n) is 2.02. The molecule has 0 unspecified atom stereocenters. The Balaban J connectivity index is 2.06. The van der Waals surface area contributed by atoms with Crippen molar-refractivity contribution in [1.29, 1.82) is 0 Å². The van der Waals surface area contributed by atoms with Crippen molar-refractivity contribution >= 4 is 17.6 Å². The molecule has 16 heavy (non-hydrogen) atoms. The maximum Gasteiger partial charge on any atom is 0.223 e. The molecule has 0 aliphatic rings. The molecule has 0 saturated carbocycles. The van der Waals surface area contributed by atoms with Crippen LogP contribution in [0, 0.1) is 0 Å². The summed E-state index contributed by atoms with van der Waals surface area (Å²) in [6, 6.07) is 5.50. The smallest absolute Gasteiger partial charge is 0.223 e. The van der Waals surface area contributed by atoms with Crippen molar-refractivity contribution in [1.82, 2.24) is 9.97 Å². The van der Waals surface area contributed by atoms with Crippen LogP contribution in [-0.2, 0) is 6.54 Å². The first-order valence-corrected chi connectivity index (χ1v) is 4.86. The van der Waals surface area contributed by atoms with Crippen molar-refractivity contribution in [2.24, 2.45) is 0 Å². The van der Waals surface area contributed by atoms with E-state index in [1.165, 1.54) is 0 Å². The van der Waals surface area contributed by atoms with Gasteiger partial charge in [-0.05, 0) is 12.1 Å². The first-order chi connectivity index (χ1) is 7.78. The van der Waals surface area contributed by atoms with Gasteiger partial charge in [0.15, 0.2) is 0 Å². The summed E-state index contributed by atoms with van der Waals surface area (Å²) in [5.74, 6) is 2.40. The highest BCUT2D eigenvalue weighted by Gasteiger charge is 2.01. The summed E-state index contributed by atoms with van der Waals surface area (Å²) in [6.07, 6.45) is 1.63. The highest BCUT2D eigenvalue weighted by Crippen LogP contribution is 2.13. The minimum Gasteiger partial charge on any atom is -0.467 e. The summed E-state index contributed by atoms with van der Waals surface area (Å²) in [7, 11) is 1.78. The number of nitrogen functional groups attached to an aromatic ring is 1. The molecule has 0 bridgehead atoms. The monoisotopic (exact) mass is 219 g/mol. The standard InChI is InChI=1S/C10H13N5O/c1-12-8-5-9(15-10(11)14-8)13-6-7-3-2-4-16-7/h2-5H,6H2,1H3,(H4,11,12,13,14,15). The molecule has 2 aromatic rings. The highest BCUT2D eigenvalue weighted by molar-refractivity contribution is 5.50. The molecule has 84 valence electrons. The molecule has 6 nitrogen and oxygen atoms in total. The molecule has 0 aliphatic carbocycles. The van der Waals surface area contributed by atoms with Crippen molar-refractivity contribution in [2.75, 3.05) is 23.4 Å². The van der Waals surface area contributed by atoms with E-state index >= 15 is 0 Å². The van der Waals surface area contributed by atoms with Crippen LogP contribution in [0.3, 0.4) is 0 Å². The average molecular weight is 219 g/mol. The minimum atomic E-state index is 0.230. The fraction of sp³-hybridized carbons (Fsp3) is 0.200. The fourth-order valence-corrected chi connectivity index (χ4v) is 1.28. The molecule has 2 aromatic heterocycles. The van der Waals surface area contributed by atoms with Gasteiger partial charge in [0.05, 0.1) is 12.8 Å². The van der Waals surface area contributed by atoms with Crippen LogP contribution >= 0.6 is 0 Å². The zero-order chi connectivity index (χ0) is 11.4. The fourth-order valence-electron chi connectivity index (χ4n) is 1.28. The molecule has 2 rings (SSSR count). The Morgan fingerprint density at radius 3 is 2.88 bits per heavy atom. The van der Waals surface area contributed by atoms with E-state index in [0.29, 0.717) is 18.2 Å². The van der Waals surface area contributed by atoms with Crippen LogP contribution in [0.1, 0.15) is 5.76 Å². The van der Waals surface area contributed by atoms with E-state index in [9.17, 15) is 0 Å². The summed E-state index contributed by atoms with van der Waals surface area (Å²) in [4.78, 5) is 8.04. The quantitative estimate of drug-likeness (QED) is 0.718. The summed E-state index contributed by atoms with van der Waals surface area (Å²) in [6.45, 7) is 0.562. The third-order valence-corrected chi connectivity index (χ3v) is 2.02. The zero-order valence-corrected chi connectivity index (χ0v) is 8.90. The molecule has 2 heterocycles. The number of aromatic nitrogens is 2. The van der Waals surface area contributed by atoms with Crippen molar-refractivity contribution in [3.63, 3.8) is 0 Å². The van der Waals surface area contributed by atoms with Gasteiger partial charge in [-0.1, -0.05) is 0 Å². The number of hydrogen-bond acceptors (Lipinski definition) is 6. The second-order valence-electron chi connectivity index (χ2n) is 3.18. The first-order valence-electron chi connectivity index (χ1n) is 4.86. The number of anilines is 3. The molecular formula is C10H13N5O. The van der Waals surface area contributed by atoms with Gasteiger partial charge in [-0.25, -0.2) is 0 Å². The Morgan fingerprint density at radius 1 is 1.38 bits per heavy atom. The summed E-state index contributed by atoms with van der Waals surface area (Å²) in [5.41, 5.74) is 5.56. The second kappa shape index (κ2) is 4.52. The highest BCUT2D eigenvalue weighted by atomic mass is 16.3. The van der Waals surface area contributed by atoms with Crippen LogP contribution in [0.5, 0.6) is 0 Å². The van der Waals surface area contributed by atoms with Gasteiger partial charge in [-0.2, -0.15) is 9.97 Å². The molecule has 0 radical (unpaired) electrons. The van der Waals surface area contributed by atoms with E-state index in [4.69, 9.17) is 10.2 Å². The summed E-state index contributed by atoms with van der Waals surface area (Å²) < 4.78 is 5.19. The van der Waals surface area contributed by atoms with Gasteiger partial charge < -0.3 is 20.8 Å². The largest absolute Gasteiger partial charge is 0.467 e. The number of nitrogens with zero attached hydrogens (tertiary/aromatic N) is 2. The van der Waals surface area contributed by atoms with Crippen LogP contribution in [0.15, 0.2) is 28.9 Å². The molecule has 0 aromatic carbocycles. The van der Waals surface area contributed by atoms with Crippen molar-refractivity contribution < 1.29 is 4.42 Å². The molecule has 4 N–H and O–H groups in total. The Bertz CT molecular complexity index is 454. The van der Waals surface area contributed by atoms with Crippen molar-refractivity contribution in [2.45, 2.75) is 6.54 Å². The topological polar surface area (TPSA) is 89.0 Å². The van der Waals surface area contributed by atoms with Crippen LogP contribution in [0.25, 0.3) is 0 Å². The van der Waals surface area contributed by atoms with Gasteiger partial charge in [0, 0.05) is 13.1 Å². The predicted molar refractivity (Wildman–Crippen MR) is 62.0 cm³/mol. The van der Waals surface area contributed by atoms with Gasteiger partial charge in [-0.15, -0.1) is 0 Å². The van der Waals surface area contributed by atoms with E-state index in [-0.39, 0.29) is 5.95 Å². The molecule has 0 spiro atoms. The minimum absolute atomic E-state index is 0.230. The van der Waals surface area contributed by atoms with E-state index in [2.05, 4.69) is 20.6 Å². The number of furan rings is 1. The lowest BCUT2D eigenvalue weighted by Crippen LogP contribution is -2.05. The van der Waals surface area contributed by atoms with Crippen molar-refractivity contribution in [3.8, 4) is 0 Å². The summed E-state index contributed by atoms with van der Waals surface area (Å²) >= 11 is 0. The average Bonchev–Trinajstić information content (AvgIpc) is 2.78. The predicted octanol–water partition coefficient (Wildman–Crippen LogP) is 1.31. The Hall–Kier alpha value is -2.24. The number of nitrogens with one attached hydrogen (secondary N) is 2. The lowest BCUT2D eigenvalue weighted by atomic mass is 10.4. The SMILES string of the molecule is CNc1cc(NCc2ccco2)nc(N)n1. The summed E-state index contributed by atoms with van der Waals surface area (Å²) in [5, 5.41) is 6.00. The van der Waals surface area contributed by atoms with Gasteiger partial charge in [-0.3, -0.25) is 0 Å². The van der Waals surface area contributed by atoms with Crippen LogP contribution in [0.4, 0.5) is 17.6 Å². The molecule has 0 saturated heterocycles. The van der Waals surface area contributed by atoms with Gasteiger partial charge in [0.1, 0.15) is 17.4 Å². The Kier molecular flexibility index (Phi) is 2.90. The van der Waals surface area contributed by atoms with Crippen molar-refractivity contribution in [3.05, 3.63) is 30.2 Å². The first kappa shape index (κ1) is 10.3. The van der Waals surface area contributed by atoms with E-state index in [1.807, 2.05) is 12.1 Å². The molecular weight excluding hydrogens is 206 g/mol. The number of rotatable bonds is 4. The molecule has 0 aliphatic heterocycles. The van der Waals surface area contributed by atoms with Gasteiger partial charge >= 0.3 is 0 Å². The molecule has 6 heteroatoms. The Labute approximate surface area is 92.9 Å². The van der Waals surface area contributed by atoms with E-state index in [0.717, 1.165) is 5.76 Å². The lowest BCUT2D eigenvalue weighted by molar-refractivity contribution is 0.518. The normalized spacial score (nSPS) is 10.1. The Morgan fingerprint density at radius 2 is 2.19 bits per heavy atom. The third kappa shape index (κ3) is 2.41. The maximum atomic E-state index is 5.56. The molecule has 0 amide bonds. The lowest BCUT2D eigenvalue weighted by Gasteiger charge is -2.06. The zero-order valence-electron chi connectivity index (χ0n) is 8.90. The number of nitrogens with two attached hydrogens (primary N) is 1. The molecule has 0 atom stereocenters. The maximum absolute atomic E-state index is 5.56. The van der Waals surface area contributed by atoms with Gasteiger partial charge in [0.2, 0.25) is 5.95 Å². The van der Waals surface area contributed by atoms with Crippen LogP contribution in [0.2, 0.25) is 0 Å². The van der Waals surface area contributed by atoms with E-state index < -0.39 is 0 Å². The van der Waals surface area contributed by atoms with Crippen LogP contribution < -0.4 is 16.4 Å². The van der Waals surface area contributed by atoms with Gasteiger partial charge in [0.25, 0.3) is 0 Å². The van der Waals surface area contributed by atoms with E-state index in [1.54, 1.807) is 19.4 Å².